The van der Waals surface area contributed by atoms with E-state index in [0.29, 0.717) is 5.88 Å². The maximum atomic E-state index is 6.12. The number of pyridine rings is 1. The summed E-state index contributed by atoms with van der Waals surface area (Å²) in [5.74, 6) is 0.666. The Kier molecular flexibility index (Phi) is 6.13. The molecule has 0 aliphatic rings. The van der Waals surface area contributed by atoms with Crippen molar-refractivity contribution in [3.05, 3.63) is 37.1 Å². The molecular weight excluding hydrogens is 262 g/mol. The molecule has 1 unspecified atom stereocenters. The first kappa shape index (κ1) is 15.4. The molecule has 0 N–H and O–H groups in total. The van der Waals surface area contributed by atoms with Crippen LogP contribution in [0.1, 0.15) is 46.0 Å². The summed E-state index contributed by atoms with van der Waals surface area (Å²) in [6.07, 6.45) is 12.8. The molecular formula is C17H23N3O. The van der Waals surface area contributed by atoms with Crippen molar-refractivity contribution in [2.75, 3.05) is 0 Å². The van der Waals surface area contributed by atoms with Crippen molar-refractivity contribution in [2.24, 2.45) is 0 Å². The van der Waals surface area contributed by atoms with Gasteiger partial charge >= 0.3 is 0 Å². The van der Waals surface area contributed by atoms with Crippen molar-refractivity contribution in [3.8, 4) is 17.0 Å². The Bertz CT molecular complexity index is 531. The molecule has 0 radical (unpaired) electrons. The number of rotatable bonds is 8. The van der Waals surface area contributed by atoms with Gasteiger partial charge in [-0.15, -0.1) is 0 Å². The van der Waals surface area contributed by atoms with Gasteiger partial charge in [0, 0.05) is 18.6 Å². The fourth-order valence-corrected chi connectivity index (χ4v) is 2.27. The second-order valence-corrected chi connectivity index (χ2v) is 5.12. The van der Waals surface area contributed by atoms with E-state index in [1.165, 1.54) is 19.3 Å². The first-order valence-corrected chi connectivity index (χ1v) is 7.72. The van der Waals surface area contributed by atoms with E-state index in [-0.39, 0.29) is 6.10 Å². The third-order valence-electron chi connectivity index (χ3n) is 3.53. The van der Waals surface area contributed by atoms with Crippen LogP contribution in [0.5, 0.6) is 5.88 Å². The Morgan fingerprint density at radius 3 is 2.62 bits per heavy atom. The maximum absolute atomic E-state index is 6.12. The van der Waals surface area contributed by atoms with Gasteiger partial charge in [0.05, 0.1) is 5.56 Å². The largest absolute Gasteiger partial charge is 0.474 e. The molecule has 2 heterocycles. The first-order chi connectivity index (χ1) is 10.3. The summed E-state index contributed by atoms with van der Waals surface area (Å²) >= 11 is 0. The molecule has 0 aromatic carbocycles. The molecule has 0 spiro atoms. The summed E-state index contributed by atoms with van der Waals surface area (Å²) < 4.78 is 6.12. The van der Waals surface area contributed by atoms with Crippen LogP contribution in [0.25, 0.3) is 11.1 Å². The molecule has 2 aromatic heterocycles. The van der Waals surface area contributed by atoms with Gasteiger partial charge in [0.15, 0.2) is 0 Å². The number of ether oxygens (including phenoxy) is 1. The third kappa shape index (κ3) is 4.52. The van der Waals surface area contributed by atoms with Gasteiger partial charge < -0.3 is 4.74 Å². The molecule has 0 amide bonds. The predicted molar refractivity (Wildman–Crippen MR) is 84.1 cm³/mol. The van der Waals surface area contributed by atoms with E-state index in [0.717, 1.165) is 24.0 Å². The zero-order chi connectivity index (χ0) is 14.9. The lowest BCUT2D eigenvalue weighted by molar-refractivity contribution is 0.176. The SMILES string of the molecule is CCCCCC(CC)Oc1ncncc1-c1ccncc1. The van der Waals surface area contributed by atoms with Crippen molar-refractivity contribution in [2.45, 2.75) is 52.1 Å². The van der Waals surface area contributed by atoms with Crippen LogP contribution >= 0.6 is 0 Å². The van der Waals surface area contributed by atoms with Gasteiger partial charge in [0.25, 0.3) is 0 Å². The van der Waals surface area contributed by atoms with Crippen LogP contribution in [0.2, 0.25) is 0 Å². The Morgan fingerprint density at radius 2 is 1.90 bits per heavy atom. The van der Waals surface area contributed by atoms with E-state index < -0.39 is 0 Å². The van der Waals surface area contributed by atoms with Crippen LogP contribution in [-0.4, -0.2) is 21.1 Å². The van der Waals surface area contributed by atoms with E-state index in [9.17, 15) is 0 Å². The van der Waals surface area contributed by atoms with E-state index in [4.69, 9.17) is 4.74 Å². The Balaban J connectivity index is 2.12. The van der Waals surface area contributed by atoms with Gasteiger partial charge in [0.2, 0.25) is 5.88 Å². The quantitative estimate of drug-likeness (QED) is 0.679. The van der Waals surface area contributed by atoms with E-state index in [1.807, 2.05) is 12.1 Å². The average molecular weight is 285 g/mol. The standard InChI is InChI=1S/C17H23N3O/c1-3-5-6-7-15(4-2)21-17-16(12-19-13-20-17)14-8-10-18-11-9-14/h8-13,15H,3-7H2,1-2H3. The summed E-state index contributed by atoms with van der Waals surface area (Å²) in [5, 5.41) is 0. The normalized spacial score (nSPS) is 12.1. The Morgan fingerprint density at radius 1 is 1.10 bits per heavy atom. The van der Waals surface area contributed by atoms with Crippen molar-refractivity contribution in [3.63, 3.8) is 0 Å². The highest BCUT2D eigenvalue weighted by Crippen LogP contribution is 2.28. The lowest BCUT2D eigenvalue weighted by Crippen LogP contribution is -2.16. The van der Waals surface area contributed by atoms with Gasteiger partial charge in [-0.3, -0.25) is 4.98 Å². The molecule has 2 rings (SSSR count). The molecule has 2 aromatic rings. The summed E-state index contributed by atoms with van der Waals surface area (Å²) in [6.45, 7) is 4.37. The zero-order valence-electron chi connectivity index (χ0n) is 12.8. The summed E-state index contributed by atoms with van der Waals surface area (Å²) in [6, 6.07) is 3.90. The van der Waals surface area contributed by atoms with Crippen molar-refractivity contribution in [1.29, 1.82) is 0 Å². The molecule has 4 heteroatoms. The number of hydrogen-bond donors (Lipinski definition) is 0. The zero-order valence-corrected chi connectivity index (χ0v) is 12.8. The van der Waals surface area contributed by atoms with E-state index in [1.54, 1.807) is 24.9 Å². The minimum Gasteiger partial charge on any atom is -0.474 e. The number of hydrogen-bond acceptors (Lipinski definition) is 4. The Labute approximate surface area is 126 Å². The van der Waals surface area contributed by atoms with Gasteiger partial charge in [0.1, 0.15) is 12.4 Å². The second-order valence-electron chi connectivity index (χ2n) is 5.12. The van der Waals surface area contributed by atoms with Gasteiger partial charge in [-0.25, -0.2) is 9.97 Å². The monoisotopic (exact) mass is 285 g/mol. The number of unbranched alkanes of at least 4 members (excludes halogenated alkanes) is 2. The third-order valence-corrected chi connectivity index (χ3v) is 3.53. The topological polar surface area (TPSA) is 47.9 Å². The molecule has 0 saturated heterocycles. The highest BCUT2D eigenvalue weighted by molar-refractivity contribution is 5.66. The summed E-state index contributed by atoms with van der Waals surface area (Å²) in [7, 11) is 0. The molecule has 0 saturated carbocycles. The van der Waals surface area contributed by atoms with Gasteiger partial charge in [-0.05, 0) is 37.0 Å². The smallest absolute Gasteiger partial charge is 0.224 e. The summed E-state index contributed by atoms with van der Waals surface area (Å²) in [5.41, 5.74) is 1.96. The molecule has 21 heavy (non-hydrogen) atoms. The molecule has 0 fully saturated rings. The fraction of sp³-hybridized carbons (Fsp3) is 0.471. The van der Waals surface area contributed by atoms with Crippen LogP contribution in [-0.2, 0) is 0 Å². The van der Waals surface area contributed by atoms with Crippen molar-refractivity contribution < 1.29 is 4.74 Å². The molecule has 0 aliphatic carbocycles. The van der Waals surface area contributed by atoms with E-state index >= 15 is 0 Å². The highest BCUT2D eigenvalue weighted by Gasteiger charge is 2.13. The highest BCUT2D eigenvalue weighted by atomic mass is 16.5. The molecule has 0 aliphatic heterocycles. The second kappa shape index (κ2) is 8.35. The molecule has 112 valence electrons. The summed E-state index contributed by atoms with van der Waals surface area (Å²) in [4.78, 5) is 12.5. The van der Waals surface area contributed by atoms with Gasteiger partial charge in [-0.1, -0.05) is 26.7 Å². The Hall–Kier alpha value is -1.97. The number of aromatic nitrogens is 3. The van der Waals surface area contributed by atoms with Crippen LogP contribution in [0.15, 0.2) is 37.1 Å². The fourth-order valence-electron chi connectivity index (χ4n) is 2.27. The molecule has 4 nitrogen and oxygen atoms in total. The first-order valence-electron chi connectivity index (χ1n) is 7.72. The minimum atomic E-state index is 0.215. The van der Waals surface area contributed by atoms with Crippen LogP contribution < -0.4 is 4.74 Å². The van der Waals surface area contributed by atoms with Crippen LogP contribution in [0, 0.1) is 0 Å². The lowest BCUT2D eigenvalue weighted by Gasteiger charge is -2.18. The molecule has 0 bridgehead atoms. The van der Waals surface area contributed by atoms with Crippen LogP contribution in [0.4, 0.5) is 0 Å². The lowest BCUT2D eigenvalue weighted by atomic mass is 10.1. The maximum Gasteiger partial charge on any atom is 0.224 e. The van der Waals surface area contributed by atoms with Crippen molar-refractivity contribution >= 4 is 0 Å². The van der Waals surface area contributed by atoms with Gasteiger partial charge in [-0.2, -0.15) is 0 Å². The number of nitrogens with zero attached hydrogens (tertiary/aromatic N) is 3. The molecule has 1 atom stereocenters. The minimum absolute atomic E-state index is 0.215. The predicted octanol–water partition coefficient (Wildman–Crippen LogP) is 4.28. The van der Waals surface area contributed by atoms with E-state index in [2.05, 4.69) is 28.8 Å². The average Bonchev–Trinajstić information content (AvgIpc) is 2.55. The van der Waals surface area contributed by atoms with Crippen LogP contribution in [0.3, 0.4) is 0 Å². The van der Waals surface area contributed by atoms with Crippen molar-refractivity contribution in [1.82, 2.24) is 15.0 Å².